The Morgan fingerprint density at radius 2 is 2.25 bits per heavy atom. The van der Waals surface area contributed by atoms with Crippen molar-refractivity contribution in [3.8, 4) is 11.5 Å². The van der Waals surface area contributed by atoms with Crippen LogP contribution in [-0.4, -0.2) is 23.3 Å². The Labute approximate surface area is 98.8 Å². The average molecular weight is 294 g/mol. The minimum Gasteiger partial charge on any atom is -0.504 e. The van der Waals surface area contributed by atoms with Crippen LogP contribution < -0.4 is 10.5 Å². The summed E-state index contributed by atoms with van der Waals surface area (Å²) in [5.74, 6) is -2.80. The molecule has 1 unspecified atom stereocenters. The van der Waals surface area contributed by atoms with Crippen molar-refractivity contribution in [2.45, 2.75) is 6.04 Å². The van der Waals surface area contributed by atoms with Crippen LogP contribution in [-0.2, 0) is 4.79 Å². The van der Waals surface area contributed by atoms with E-state index in [9.17, 15) is 14.3 Å². The van der Waals surface area contributed by atoms with Crippen molar-refractivity contribution in [2.24, 2.45) is 5.73 Å². The number of phenolic OH excluding ortho intramolecular Hbond substituents is 1. The van der Waals surface area contributed by atoms with Gasteiger partial charge in [0, 0.05) is 11.6 Å². The van der Waals surface area contributed by atoms with Crippen LogP contribution in [0.5, 0.6) is 11.5 Å². The Morgan fingerprint density at radius 3 is 2.69 bits per heavy atom. The number of nitrogens with two attached hydrogens (primary N) is 1. The molecule has 0 aliphatic carbocycles. The van der Waals surface area contributed by atoms with Crippen LogP contribution in [0.2, 0.25) is 0 Å². The summed E-state index contributed by atoms with van der Waals surface area (Å²) in [5, 5.41) is 18.0. The molecule has 0 aromatic heterocycles. The lowest BCUT2D eigenvalue weighted by Gasteiger charge is -2.14. The van der Waals surface area contributed by atoms with Gasteiger partial charge in [0.15, 0.2) is 11.5 Å². The molecule has 0 aliphatic rings. The molecule has 0 saturated carbocycles. The molecule has 1 aromatic rings. The van der Waals surface area contributed by atoms with Crippen molar-refractivity contribution in [1.82, 2.24) is 0 Å². The molecule has 0 aliphatic heterocycles. The van der Waals surface area contributed by atoms with E-state index in [-0.39, 0.29) is 15.8 Å². The number of aromatic hydroxyl groups is 1. The summed E-state index contributed by atoms with van der Waals surface area (Å²) < 4.78 is 18.2. The average Bonchev–Trinajstić information content (AvgIpc) is 2.17. The second-order valence-electron chi connectivity index (χ2n) is 2.95. The fourth-order valence-electron chi connectivity index (χ4n) is 1.21. The summed E-state index contributed by atoms with van der Waals surface area (Å²) in [4.78, 5) is 10.7. The fourth-order valence-corrected chi connectivity index (χ4v) is 2.01. The van der Waals surface area contributed by atoms with Crippen LogP contribution in [0.4, 0.5) is 4.39 Å². The summed E-state index contributed by atoms with van der Waals surface area (Å²) >= 11 is 2.94. The molecule has 1 atom stereocenters. The lowest BCUT2D eigenvalue weighted by Crippen LogP contribution is -2.22. The number of carboxylic acids is 1. The molecule has 7 heteroatoms. The van der Waals surface area contributed by atoms with Gasteiger partial charge in [0.05, 0.1) is 11.6 Å². The van der Waals surface area contributed by atoms with Crippen molar-refractivity contribution in [3.05, 3.63) is 21.9 Å². The second kappa shape index (κ2) is 4.67. The van der Waals surface area contributed by atoms with Gasteiger partial charge in [-0.25, -0.2) is 4.39 Å². The van der Waals surface area contributed by atoms with Crippen molar-refractivity contribution >= 4 is 21.9 Å². The molecule has 1 rings (SSSR count). The number of benzene rings is 1. The Balaban J connectivity index is 3.45. The highest BCUT2D eigenvalue weighted by molar-refractivity contribution is 9.10. The Morgan fingerprint density at radius 1 is 1.69 bits per heavy atom. The van der Waals surface area contributed by atoms with E-state index in [1.807, 2.05) is 0 Å². The highest BCUT2D eigenvalue weighted by Crippen LogP contribution is 2.40. The van der Waals surface area contributed by atoms with Crippen LogP contribution >= 0.6 is 15.9 Å². The number of carboxylic acid groups (broad SMARTS) is 1. The number of carbonyl (C=O) groups is 1. The van der Waals surface area contributed by atoms with Crippen molar-refractivity contribution in [2.75, 3.05) is 7.11 Å². The Bertz CT molecular complexity index is 438. The number of rotatable bonds is 3. The summed E-state index contributed by atoms with van der Waals surface area (Å²) in [6.07, 6.45) is 0. The van der Waals surface area contributed by atoms with Gasteiger partial charge in [0.1, 0.15) is 11.9 Å². The van der Waals surface area contributed by atoms with Gasteiger partial charge in [-0.05, 0) is 15.9 Å². The van der Waals surface area contributed by atoms with Crippen LogP contribution in [0.1, 0.15) is 11.6 Å². The van der Waals surface area contributed by atoms with Gasteiger partial charge in [-0.2, -0.15) is 0 Å². The zero-order valence-electron chi connectivity index (χ0n) is 8.20. The van der Waals surface area contributed by atoms with E-state index in [2.05, 4.69) is 15.9 Å². The van der Waals surface area contributed by atoms with Crippen LogP contribution in [0.25, 0.3) is 0 Å². The third-order valence-electron chi connectivity index (χ3n) is 1.97. The first-order chi connectivity index (χ1) is 7.40. The number of aliphatic carboxylic acids is 1. The molecular formula is C9H9BrFNO4. The number of hydrogen-bond acceptors (Lipinski definition) is 4. The van der Waals surface area contributed by atoms with E-state index in [0.717, 1.165) is 6.07 Å². The van der Waals surface area contributed by atoms with Crippen LogP contribution in [0, 0.1) is 5.82 Å². The lowest BCUT2D eigenvalue weighted by molar-refractivity contribution is -0.138. The summed E-state index contributed by atoms with van der Waals surface area (Å²) in [6, 6.07) is -0.786. The summed E-state index contributed by atoms with van der Waals surface area (Å²) in [5.41, 5.74) is 5.03. The van der Waals surface area contributed by atoms with Crippen molar-refractivity contribution in [3.63, 3.8) is 0 Å². The maximum Gasteiger partial charge on any atom is 0.325 e. The first-order valence-corrected chi connectivity index (χ1v) is 4.92. The molecule has 0 fully saturated rings. The van der Waals surface area contributed by atoms with E-state index in [0.29, 0.717) is 0 Å². The first-order valence-electron chi connectivity index (χ1n) is 4.13. The first kappa shape index (κ1) is 12.7. The normalized spacial score (nSPS) is 12.2. The smallest absolute Gasteiger partial charge is 0.325 e. The molecule has 0 amide bonds. The third-order valence-corrected chi connectivity index (χ3v) is 2.76. The van der Waals surface area contributed by atoms with E-state index >= 15 is 0 Å². The van der Waals surface area contributed by atoms with Crippen LogP contribution in [0.3, 0.4) is 0 Å². The largest absolute Gasteiger partial charge is 0.504 e. The maximum atomic E-state index is 13.4. The zero-order chi connectivity index (χ0) is 12.5. The number of phenols is 1. The van der Waals surface area contributed by atoms with Crippen molar-refractivity contribution in [1.29, 1.82) is 0 Å². The highest BCUT2D eigenvalue weighted by atomic mass is 79.9. The predicted octanol–water partition coefficient (Wildman–Crippen LogP) is 1.39. The number of ether oxygens (including phenoxy) is 1. The minimum atomic E-state index is -1.54. The van der Waals surface area contributed by atoms with E-state index in [1.165, 1.54) is 7.11 Å². The van der Waals surface area contributed by atoms with Gasteiger partial charge in [-0.15, -0.1) is 0 Å². The molecule has 16 heavy (non-hydrogen) atoms. The number of halogens is 2. The van der Waals surface area contributed by atoms with Gasteiger partial charge >= 0.3 is 5.97 Å². The molecule has 0 bridgehead atoms. The van der Waals surface area contributed by atoms with Gasteiger partial charge < -0.3 is 20.7 Å². The zero-order valence-corrected chi connectivity index (χ0v) is 9.78. The molecule has 0 saturated heterocycles. The van der Waals surface area contributed by atoms with Gasteiger partial charge in [0.2, 0.25) is 0 Å². The molecule has 88 valence electrons. The van der Waals surface area contributed by atoms with Gasteiger partial charge in [-0.1, -0.05) is 0 Å². The quantitative estimate of drug-likeness (QED) is 0.783. The SMILES string of the molecule is COc1c(O)cc(F)c(C(N)C(=O)O)c1Br. The Kier molecular flexibility index (Phi) is 3.71. The predicted molar refractivity (Wildman–Crippen MR) is 56.9 cm³/mol. The molecule has 4 N–H and O–H groups in total. The maximum absolute atomic E-state index is 13.4. The third kappa shape index (κ3) is 2.10. The molecule has 5 nitrogen and oxygen atoms in total. The lowest BCUT2D eigenvalue weighted by atomic mass is 10.1. The van der Waals surface area contributed by atoms with Crippen molar-refractivity contribution < 1.29 is 24.1 Å². The topological polar surface area (TPSA) is 92.8 Å². The molecule has 1 aromatic carbocycles. The van der Waals surface area contributed by atoms with E-state index < -0.39 is 23.6 Å². The molecular weight excluding hydrogens is 285 g/mol. The summed E-state index contributed by atoms with van der Waals surface area (Å²) in [7, 11) is 1.26. The Hall–Kier alpha value is -1.34. The second-order valence-corrected chi connectivity index (χ2v) is 3.75. The molecule has 0 radical (unpaired) electrons. The molecule has 0 heterocycles. The van der Waals surface area contributed by atoms with Crippen LogP contribution in [0.15, 0.2) is 10.5 Å². The minimum absolute atomic E-state index is 0.0117. The highest BCUT2D eigenvalue weighted by Gasteiger charge is 2.25. The number of hydrogen-bond donors (Lipinski definition) is 3. The van der Waals surface area contributed by atoms with Gasteiger partial charge in [-0.3, -0.25) is 4.79 Å². The standard InChI is InChI=1S/C9H9BrFNO4/c1-16-8-4(13)2-3(11)5(6(8)10)7(12)9(14)15/h2,7,13H,12H2,1H3,(H,14,15). The van der Waals surface area contributed by atoms with E-state index in [4.69, 9.17) is 15.6 Å². The van der Waals surface area contributed by atoms with Gasteiger partial charge in [0.25, 0.3) is 0 Å². The molecule has 0 spiro atoms. The monoisotopic (exact) mass is 293 g/mol. The van der Waals surface area contributed by atoms with E-state index in [1.54, 1.807) is 0 Å². The number of methoxy groups -OCH3 is 1. The summed E-state index contributed by atoms with van der Waals surface area (Å²) in [6.45, 7) is 0. The fraction of sp³-hybridized carbons (Fsp3) is 0.222.